The molecule has 0 aliphatic carbocycles. The van der Waals surface area contributed by atoms with E-state index in [-0.39, 0.29) is 17.6 Å². The number of anilines is 1. The smallest absolute Gasteiger partial charge is 0.251 e. The van der Waals surface area contributed by atoms with Gasteiger partial charge in [-0.15, -0.1) is 0 Å². The highest BCUT2D eigenvalue weighted by atomic mass is 35.5. The van der Waals surface area contributed by atoms with Gasteiger partial charge < -0.3 is 15.5 Å². The minimum Gasteiger partial charge on any atom is -0.382 e. The number of carbonyl (C=O) groups excluding carboxylic acids is 1. The molecule has 40 heavy (non-hydrogen) atoms. The van der Waals surface area contributed by atoms with Crippen molar-refractivity contribution in [1.29, 1.82) is 0 Å². The summed E-state index contributed by atoms with van der Waals surface area (Å²) in [6.07, 6.45) is 3.50. The fourth-order valence-electron chi connectivity index (χ4n) is 5.77. The maximum atomic E-state index is 15.2. The highest BCUT2D eigenvalue weighted by molar-refractivity contribution is 6.42. The lowest BCUT2D eigenvalue weighted by atomic mass is 9.85. The van der Waals surface area contributed by atoms with Crippen molar-refractivity contribution in [3.8, 4) is 0 Å². The molecule has 0 radical (unpaired) electrons. The lowest BCUT2D eigenvalue weighted by Crippen LogP contribution is -2.39. The van der Waals surface area contributed by atoms with Crippen molar-refractivity contribution in [3.05, 3.63) is 111 Å². The number of rotatable bonds is 9. The molecule has 4 aromatic rings. The quantitative estimate of drug-likeness (QED) is 0.212. The third-order valence-corrected chi connectivity index (χ3v) is 8.68. The number of hydrogen-bond acceptors (Lipinski definition) is 3. The Hall–Kier alpha value is -3.12. The minimum absolute atomic E-state index is 0.0268. The molecule has 1 fully saturated rings. The first-order valence-electron chi connectivity index (χ1n) is 13.8. The summed E-state index contributed by atoms with van der Waals surface area (Å²) >= 11 is 12.7. The number of fused-ring (bicyclic) bond motifs is 1. The van der Waals surface area contributed by atoms with Gasteiger partial charge in [0.05, 0.1) is 15.6 Å². The Morgan fingerprint density at radius 1 is 0.950 bits per heavy atom. The van der Waals surface area contributed by atoms with Crippen LogP contribution >= 0.6 is 23.2 Å². The van der Waals surface area contributed by atoms with Crippen LogP contribution in [-0.2, 0) is 6.42 Å². The van der Waals surface area contributed by atoms with Crippen molar-refractivity contribution >= 4 is 45.6 Å². The Bertz CT molecular complexity index is 1470. The number of nitrogens with zero attached hydrogens (tertiary/aromatic N) is 1. The van der Waals surface area contributed by atoms with Crippen LogP contribution < -0.4 is 10.6 Å². The molecule has 1 heterocycles. The molecule has 2 N–H and O–H groups in total. The summed E-state index contributed by atoms with van der Waals surface area (Å²) in [5, 5.41) is 8.47. The molecule has 0 aromatic heterocycles. The summed E-state index contributed by atoms with van der Waals surface area (Å²) < 4.78 is 15.2. The Balaban J connectivity index is 1.36. The zero-order valence-electron chi connectivity index (χ0n) is 22.6. The highest BCUT2D eigenvalue weighted by Gasteiger charge is 2.24. The number of para-hydroxylation sites is 1. The number of hydrogen-bond donors (Lipinski definition) is 2. The first kappa shape index (κ1) is 28.4. The molecular weight excluding hydrogens is 544 g/mol. The van der Waals surface area contributed by atoms with E-state index in [4.69, 9.17) is 23.2 Å². The average Bonchev–Trinajstić information content (AvgIpc) is 2.98. The molecule has 0 bridgehead atoms. The fraction of sp³-hybridized carbons (Fsp3) is 0.303. The average molecular weight is 579 g/mol. The molecule has 1 amide bonds. The standard InChI is InChI=1S/C33H34Cl2FN3O/c1-37-33(40)32-24(21-31(36)27-9-5-6-10-28(27)32)19-23(22-11-12-29(34)30(35)20-22)13-16-39-17-14-26(15-18-39)38-25-7-3-2-4-8-25/h2-12,20-21,23,26,38H,13-19H2,1H3,(H,37,40). The first-order chi connectivity index (χ1) is 19.4. The van der Waals surface area contributed by atoms with Crippen molar-refractivity contribution in [2.45, 2.75) is 37.6 Å². The van der Waals surface area contributed by atoms with Crippen LogP contribution in [0.1, 0.15) is 46.7 Å². The third-order valence-electron chi connectivity index (χ3n) is 7.94. The molecule has 1 aliphatic rings. The number of carbonyl (C=O) groups is 1. The van der Waals surface area contributed by atoms with Gasteiger partial charge in [0, 0.05) is 37.3 Å². The molecule has 4 nitrogen and oxygen atoms in total. The van der Waals surface area contributed by atoms with E-state index in [2.05, 4.69) is 39.8 Å². The minimum atomic E-state index is -0.320. The van der Waals surface area contributed by atoms with Gasteiger partial charge in [-0.25, -0.2) is 4.39 Å². The molecule has 0 spiro atoms. The second kappa shape index (κ2) is 13.0. The Kier molecular flexibility index (Phi) is 9.25. The van der Waals surface area contributed by atoms with E-state index in [0.717, 1.165) is 50.1 Å². The normalized spacial score (nSPS) is 15.2. The second-order valence-corrected chi connectivity index (χ2v) is 11.3. The van der Waals surface area contributed by atoms with E-state index in [1.165, 1.54) is 6.07 Å². The second-order valence-electron chi connectivity index (χ2n) is 10.5. The first-order valence-corrected chi connectivity index (χ1v) is 14.6. The molecular formula is C33H34Cl2FN3O. The van der Waals surface area contributed by atoms with E-state index in [1.54, 1.807) is 19.2 Å². The predicted octanol–water partition coefficient (Wildman–Crippen LogP) is 7.94. The predicted molar refractivity (Wildman–Crippen MR) is 164 cm³/mol. The maximum Gasteiger partial charge on any atom is 0.251 e. The molecule has 4 aromatic carbocycles. The third kappa shape index (κ3) is 6.60. The Labute approximate surface area is 245 Å². The summed E-state index contributed by atoms with van der Waals surface area (Å²) in [4.78, 5) is 15.6. The van der Waals surface area contributed by atoms with Gasteiger partial charge in [-0.1, -0.05) is 71.7 Å². The molecule has 5 rings (SSSR count). The summed E-state index contributed by atoms with van der Waals surface area (Å²) in [7, 11) is 1.61. The van der Waals surface area contributed by atoms with Gasteiger partial charge in [-0.2, -0.15) is 0 Å². The topological polar surface area (TPSA) is 44.4 Å². The molecule has 1 saturated heterocycles. The van der Waals surface area contributed by atoms with E-state index < -0.39 is 0 Å². The van der Waals surface area contributed by atoms with E-state index >= 15 is 4.39 Å². The lowest BCUT2D eigenvalue weighted by Gasteiger charge is -2.34. The SMILES string of the molecule is CNC(=O)c1c(CC(CCN2CCC(Nc3ccccc3)CC2)c2ccc(Cl)c(Cl)c2)cc(F)c2ccccc12. The lowest BCUT2D eigenvalue weighted by molar-refractivity contribution is 0.0963. The number of benzene rings is 4. The van der Waals surface area contributed by atoms with E-state index in [0.29, 0.717) is 44.4 Å². The van der Waals surface area contributed by atoms with Gasteiger partial charge in [-0.05, 0) is 85.0 Å². The van der Waals surface area contributed by atoms with Gasteiger partial charge in [-0.3, -0.25) is 4.79 Å². The van der Waals surface area contributed by atoms with Gasteiger partial charge in [0.2, 0.25) is 0 Å². The van der Waals surface area contributed by atoms with Crippen LogP contribution in [-0.4, -0.2) is 43.5 Å². The van der Waals surface area contributed by atoms with Gasteiger partial charge in [0.25, 0.3) is 5.91 Å². The molecule has 7 heteroatoms. The largest absolute Gasteiger partial charge is 0.382 e. The van der Waals surface area contributed by atoms with Crippen molar-refractivity contribution in [1.82, 2.24) is 10.2 Å². The number of halogens is 3. The highest BCUT2D eigenvalue weighted by Crippen LogP contribution is 2.34. The van der Waals surface area contributed by atoms with Crippen molar-refractivity contribution in [2.75, 3.05) is 32.0 Å². The van der Waals surface area contributed by atoms with Crippen LogP contribution in [0.15, 0.2) is 78.9 Å². The van der Waals surface area contributed by atoms with Crippen LogP contribution in [0.25, 0.3) is 10.8 Å². The number of nitrogens with one attached hydrogen (secondary N) is 2. The molecule has 1 atom stereocenters. The van der Waals surface area contributed by atoms with Gasteiger partial charge in [0.15, 0.2) is 0 Å². The number of piperidine rings is 1. The molecule has 1 aliphatic heterocycles. The molecule has 1 unspecified atom stereocenters. The Morgan fingerprint density at radius 2 is 1.65 bits per heavy atom. The van der Waals surface area contributed by atoms with Gasteiger partial charge >= 0.3 is 0 Å². The zero-order chi connectivity index (χ0) is 28.1. The van der Waals surface area contributed by atoms with Crippen LogP contribution in [0, 0.1) is 5.82 Å². The summed E-state index contributed by atoms with van der Waals surface area (Å²) in [6, 6.07) is 25.2. The van der Waals surface area contributed by atoms with Crippen molar-refractivity contribution < 1.29 is 9.18 Å². The van der Waals surface area contributed by atoms with Crippen LogP contribution in [0.3, 0.4) is 0 Å². The zero-order valence-corrected chi connectivity index (χ0v) is 24.1. The summed E-state index contributed by atoms with van der Waals surface area (Å²) in [5.41, 5.74) is 3.41. The summed E-state index contributed by atoms with van der Waals surface area (Å²) in [6.45, 7) is 2.91. The fourth-order valence-corrected chi connectivity index (χ4v) is 6.07. The van der Waals surface area contributed by atoms with Crippen LogP contribution in [0.4, 0.5) is 10.1 Å². The van der Waals surface area contributed by atoms with Crippen LogP contribution in [0.2, 0.25) is 10.0 Å². The van der Waals surface area contributed by atoms with Crippen molar-refractivity contribution in [3.63, 3.8) is 0 Å². The molecule has 208 valence electrons. The van der Waals surface area contributed by atoms with E-state index in [1.807, 2.05) is 36.4 Å². The summed E-state index contributed by atoms with van der Waals surface area (Å²) in [5.74, 6) is -0.509. The van der Waals surface area contributed by atoms with Gasteiger partial charge in [0.1, 0.15) is 5.82 Å². The van der Waals surface area contributed by atoms with E-state index in [9.17, 15) is 4.79 Å². The van der Waals surface area contributed by atoms with Crippen molar-refractivity contribution in [2.24, 2.45) is 0 Å². The number of likely N-dealkylation sites (tertiary alicyclic amines) is 1. The monoisotopic (exact) mass is 577 g/mol. The maximum absolute atomic E-state index is 15.2. The molecule has 0 saturated carbocycles. The Morgan fingerprint density at radius 3 is 2.35 bits per heavy atom. The van der Waals surface area contributed by atoms with Crippen LogP contribution in [0.5, 0.6) is 0 Å². The number of amides is 1.